The van der Waals surface area contributed by atoms with Crippen molar-refractivity contribution in [1.82, 2.24) is 16.1 Å². The highest BCUT2D eigenvalue weighted by molar-refractivity contribution is 7.99. The Morgan fingerprint density at radius 2 is 1.91 bits per heavy atom. The van der Waals surface area contributed by atoms with E-state index in [9.17, 15) is 14.4 Å². The molecule has 8 nitrogen and oxygen atoms in total. The Labute approximate surface area is 192 Å². The zero-order valence-electron chi connectivity index (χ0n) is 18.5. The van der Waals surface area contributed by atoms with Gasteiger partial charge >= 0.3 is 0 Å². The number of amides is 3. The minimum Gasteiger partial charge on any atom is -0.451 e. The molecule has 3 amide bonds. The third-order valence-electron chi connectivity index (χ3n) is 4.85. The lowest BCUT2D eigenvalue weighted by molar-refractivity contribution is -0.135. The number of furan rings is 1. The van der Waals surface area contributed by atoms with Gasteiger partial charge in [-0.15, -0.1) is 11.8 Å². The summed E-state index contributed by atoms with van der Waals surface area (Å²) in [7, 11) is 0. The van der Waals surface area contributed by atoms with Crippen LogP contribution in [0.25, 0.3) is 11.3 Å². The van der Waals surface area contributed by atoms with Crippen LogP contribution < -0.4 is 16.1 Å². The van der Waals surface area contributed by atoms with Crippen LogP contribution in [0.15, 0.2) is 45.7 Å². The molecular formula is C23H31N3O5S. The zero-order chi connectivity index (χ0) is 23.3. The zero-order valence-corrected chi connectivity index (χ0v) is 19.3. The summed E-state index contributed by atoms with van der Waals surface area (Å²) in [6.07, 6.45) is 3.15. The molecule has 0 aliphatic carbocycles. The maximum atomic E-state index is 12.4. The van der Waals surface area contributed by atoms with Gasteiger partial charge < -0.3 is 15.1 Å². The van der Waals surface area contributed by atoms with Gasteiger partial charge in [0.2, 0.25) is 11.8 Å². The first-order chi connectivity index (χ1) is 15.5. The third-order valence-corrected chi connectivity index (χ3v) is 5.73. The number of hydrogen-bond acceptors (Lipinski definition) is 6. The minimum atomic E-state index is -0.616. The highest BCUT2D eigenvalue weighted by Crippen LogP contribution is 2.27. The SMILES string of the molecule is CCCCC[C@H](CC(=O)NO)C(=O)NCNC(=O)c1ccc(-c2cccc(SCC)c2)o1. The second-order valence-corrected chi connectivity index (χ2v) is 8.62. The van der Waals surface area contributed by atoms with Gasteiger partial charge in [0.05, 0.1) is 6.67 Å². The van der Waals surface area contributed by atoms with E-state index < -0.39 is 17.7 Å². The van der Waals surface area contributed by atoms with E-state index in [0.29, 0.717) is 12.2 Å². The molecule has 1 atom stereocenters. The number of hydrogen-bond donors (Lipinski definition) is 4. The van der Waals surface area contributed by atoms with E-state index in [1.165, 1.54) is 0 Å². The van der Waals surface area contributed by atoms with Crippen molar-refractivity contribution in [2.45, 2.75) is 50.8 Å². The standard InChI is InChI=1S/C23H31N3O5S/c1-3-5-6-8-17(14-21(27)26-30)22(28)24-15-25-23(29)20-12-11-19(31-20)16-9-7-10-18(13-16)32-4-2/h7,9-13,17,30H,3-6,8,14-15H2,1-2H3,(H,24,28)(H,25,29)(H,26,27)/t17-/m1/s1. The summed E-state index contributed by atoms with van der Waals surface area (Å²) in [6, 6.07) is 11.2. The van der Waals surface area contributed by atoms with Gasteiger partial charge in [0.25, 0.3) is 5.91 Å². The third kappa shape index (κ3) is 8.05. The van der Waals surface area contributed by atoms with Crippen LogP contribution in [-0.2, 0) is 9.59 Å². The van der Waals surface area contributed by atoms with Gasteiger partial charge in [-0.2, -0.15) is 0 Å². The maximum Gasteiger partial charge on any atom is 0.288 e. The van der Waals surface area contributed by atoms with Crippen LogP contribution in [0.1, 0.15) is 56.5 Å². The second-order valence-electron chi connectivity index (χ2n) is 7.28. The molecule has 0 unspecified atom stereocenters. The molecule has 0 saturated carbocycles. The van der Waals surface area contributed by atoms with Crippen LogP contribution in [0.4, 0.5) is 0 Å². The molecule has 1 aromatic heterocycles. The predicted molar refractivity (Wildman–Crippen MR) is 123 cm³/mol. The molecule has 1 aromatic carbocycles. The number of rotatable bonds is 13. The van der Waals surface area contributed by atoms with E-state index in [1.54, 1.807) is 29.4 Å². The van der Waals surface area contributed by atoms with E-state index in [0.717, 1.165) is 35.5 Å². The number of carbonyl (C=O) groups is 3. The van der Waals surface area contributed by atoms with E-state index in [4.69, 9.17) is 9.62 Å². The van der Waals surface area contributed by atoms with Crippen LogP contribution >= 0.6 is 11.8 Å². The molecular weight excluding hydrogens is 430 g/mol. The molecule has 32 heavy (non-hydrogen) atoms. The number of carbonyl (C=O) groups excluding carboxylic acids is 3. The lowest BCUT2D eigenvalue weighted by atomic mass is 9.96. The number of hydroxylamine groups is 1. The van der Waals surface area contributed by atoms with Gasteiger partial charge in [-0.05, 0) is 36.4 Å². The van der Waals surface area contributed by atoms with Gasteiger partial charge in [0.15, 0.2) is 5.76 Å². The molecule has 0 aliphatic heterocycles. The van der Waals surface area contributed by atoms with Crippen molar-refractivity contribution in [3.05, 3.63) is 42.2 Å². The smallest absolute Gasteiger partial charge is 0.288 e. The second kappa shape index (κ2) is 13.6. The molecule has 0 saturated heterocycles. The largest absolute Gasteiger partial charge is 0.451 e. The monoisotopic (exact) mass is 461 g/mol. The summed E-state index contributed by atoms with van der Waals surface area (Å²) >= 11 is 1.72. The molecule has 0 spiro atoms. The number of thioether (sulfide) groups is 1. The van der Waals surface area contributed by atoms with Crippen molar-refractivity contribution < 1.29 is 24.0 Å². The highest BCUT2D eigenvalue weighted by Gasteiger charge is 2.21. The molecule has 0 radical (unpaired) electrons. The molecule has 4 N–H and O–H groups in total. The Kier molecular flexibility index (Phi) is 10.8. The first-order valence-corrected chi connectivity index (χ1v) is 11.8. The lowest BCUT2D eigenvalue weighted by Gasteiger charge is -2.16. The topological polar surface area (TPSA) is 121 Å². The molecule has 2 rings (SSSR count). The fourth-order valence-electron chi connectivity index (χ4n) is 3.20. The van der Waals surface area contributed by atoms with Gasteiger partial charge in [-0.1, -0.05) is 45.2 Å². The molecule has 0 fully saturated rings. The van der Waals surface area contributed by atoms with Crippen molar-refractivity contribution in [3.63, 3.8) is 0 Å². The van der Waals surface area contributed by atoms with Crippen molar-refractivity contribution in [2.75, 3.05) is 12.4 Å². The van der Waals surface area contributed by atoms with Crippen LogP contribution in [0.3, 0.4) is 0 Å². The predicted octanol–water partition coefficient (Wildman–Crippen LogP) is 3.95. The van der Waals surface area contributed by atoms with E-state index in [2.05, 4.69) is 17.6 Å². The van der Waals surface area contributed by atoms with Gasteiger partial charge in [0.1, 0.15) is 5.76 Å². The van der Waals surface area contributed by atoms with E-state index in [1.807, 2.05) is 31.2 Å². The quantitative estimate of drug-likeness (QED) is 0.118. The highest BCUT2D eigenvalue weighted by atomic mass is 32.2. The molecule has 9 heteroatoms. The lowest BCUT2D eigenvalue weighted by Crippen LogP contribution is -2.41. The average molecular weight is 462 g/mol. The van der Waals surface area contributed by atoms with Gasteiger partial charge in [-0.3, -0.25) is 19.6 Å². The summed E-state index contributed by atoms with van der Waals surface area (Å²) in [5, 5.41) is 14.0. The van der Waals surface area contributed by atoms with Crippen molar-refractivity contribution in [2.24, 2.45) is 5.92 Å². The average Bonchev–Trinajstić information content (AvgIpc) is 3.29. The summed E-state index contributed by atoms with van der Waals surface area (Å²) < 4.78 is 5.69. The minimum absolute atomic E-state index is 0.0959. The van der Waals surface area contributed by atoms with Crippen LogP contribution in [-0.4, -0.2) is 35.4 Å². The van der Waals surface area contributed by atoms with Crippen molar-refractivity contribution >= 4 is 29.5 Å². The normalized spacial score (nSPS) is 11.6. The fourth-order valence-corrected chi connectivity index (χ4v) is 3.92. The Hall–Kier alpha value is -2.78. The molecule has 2 aromatic rings. The summed E-state index contributed by atoms with van der Waals surface area (Å²) in [5.41, 5.74) is 2.44. The summed E-state index contributed by atoms with van der Waals surface area (Å²) in [4.78, 5) is 37.4. The summed E-state index contributed by atoms with van der Waals surface area (Å²) in [5.74, 6) is -0.304. The van der Waals surface area contributed by atoms with E-state index in [-0.39, 0.29) is 24.8 Å². The van der Waals surface area contributed by atoms with Crippen molar-refractivity contribution in [1.29, 1.82) is 0 Å². The number of unbranched alkanes of at least 4 members (excludes halogenated alkanes) is 2. The first kappa shape index (κ1) is 25.5. The van der Waals surface area contributed by atoms with Crippen LogP contribution in [0, 0.1) is 5.92 Å². The number of nitrogens with one attached hydrogen (secondary N) is 3. The maximum absolute atomic E-state index is 12.4. The van der Waals surface area contributed by atoms with Crippen LogP contribution in [0.2, 0.25) is 0 Å². The van der Waals surface area contributed by atoms with Crippen LogP contribution in [0.5, 0.6) is 0 Å². The summed E-state index contributed by atoms with van der Waals surface area (Å²) in [6.45, 7) is 4.04. The Bertz CT molecular complexity index is 899. The molecule has 1 heterocycles. The fraction of sp³-hybridized carbons (Fsp3) is 0.435. The molecule has 174 valence electrons. The van der Waals surface area contributed by atoms with Crippen molar-refractivity contribution in [3.8, 4) is 11.3 Å². The Balaban J connectivity index is 1.89. The molecule has 0 aliphatic rings. The Morgan fingerprint density at radius 3 is 2.62 bits per heavy atom. The Morgan fingerprint density at radius 1 is 1.09 bits per heavy atom. The van der Waals surface area contributed by atoms with Gasteiger partial charge in [-0.25, -0.2) is 5.48 Å². The number of benzene rings is 1. The van der Waals surface area contributed by atoms with Gasteiger partial charge in [0, 0.05) is 22.8 Å². The van der Waals surface area contributed by atoms with E-state index >= 15 is 0 Å². The first-order valence-electron chi connectivity index (χ1n) is 10.8. The molecule has 0 bridgehead atoms.